The van der Waals surface area contributed by atoms with Gasteiger partial charge < -0.3 is 14.2 Å². The van der Waals surface area contributed by atoms with Crippen molar-refractivity contribution < 1.29 is 22.6 Å². The number of aromatic nitrogens is 1. The Morgan fingerprint density at radius 3 is 2.36 bits per heavy atom. The quantitative estimate of drug-likeness (QED) is 0.873. The number of hydrogen-bond donors (Lipinski definition) is 1. The SMILES string of the molecule is COc1ccc(OC)c(S(=O)(=O)Nc2ncccc2OC)c1. The predicted octanol–water partition coefficient (Wildman–Crippen LogP) is 1.91. The molecule has 0 bridgehead atoms. The van der Waals surface area contributed by atoms with Crippen LogP contribution < -0.4 is 18.9 Å². The van der Waals surface area contributed by atoms with Crippen LogP contribution >= 0.6 is 0 Å². The number of ether oxygens (including phenoxy) is 3. The summed E-state index contributed by atoms with van der Waals surface area (Å²) < 4.78 is 42.8. The summed E-state index contributed by atoms with van der Waals surface area (Å²) in [5.74, 6) is 1.00. The normalized spacial score (nSPS) is 10.9. The molecule has 22 heavy (non-hydrogen) atoms. The molecule has 0 radical (unpaired) electrons. The highest BCUT2D eigenvalue weighted by molar-refractivity contribution is 7.92. The minimum atomic E-state index is -3.92. The van der Waals surface area contributed by atoms with E-state index in [1.165, 1.54) is 39.7 Å². The summed E-state index contributed by atoms with van der Waals surface area (Å²) in [7, 11) is 0.356. The molecule has 0 saturated heterocycles. The summed E-state index contributed by atoms with van der Waals surface area (Å²) in [5, 5.41) is 0. The molecule has 0 aliphatic carbocycles. The molecule has 0 saturated carbocycles. The lowest BCUT2D eigenvalue weighted by atomic mass is 10.3. The van der Waals surface area contributed by atoms with Gasteiger partial charge in [0.05, 0.1) is 21.3 Å². The van der Waals surface area contributed by atoms with E-state index in [4.69, 9.17) is 14.2 Å². The van der Waals surface area contributed by atoms with Crippen LogP contribution in [0.3, 0.4) is 0 Å². The zero-order chi connectivity index (χ0) is 16.2. The molecule has 0 amide bonds. The van der Waals surface area contributed by atoms with Gasteiger partial charge in [-0.1, -0.05) is 0 Å². The Morgan fingerprint density at radius 1 is 1.00 bits per heavy atom. The second kappa shape index (κ2) is 6.52. The predicted molar refractivity (Wildman–Crippen MR) is 81.1 cm³/mol. The fraction of sp³-hybridized carbons (Fsp3) is 0.214. The molecule has 0 atom stereocenters. The van der Waals surface area contributed by atoms with Crippen molar-refractivity contribution in [2.75, 3.05) is 26.1 Å². The van der Waals surface area contributed by atoms with Crippen LogP contribution in [0.1, 0.15) is 0 Å². The van der Waals surface area contributed by atoms with Crippen LogP contribution in [0.4, 0.5) is 5.82 Å². The first-order chi connectivity index (χ1) is 10.5. The number of hydrogen-bond acceptors (Lipinski definition) is 6. The zero-order valence-electron chi connectivity index (χ0n) is 12.4. The summed E-state index contributed by atoms with van der Waals surface area (Å²) >= 11 is 0. The number of pyridine rings is 1. The van der Waals surface area contributed by atoms with Gasteiger partial charge in [0, 0.05) is 12.3 Å². The zero-order valence-corrected chi connectivity index (χ0v) is 13.2. The lowest BCUT2D eigenvalue weighted by Gasteiger charge is -2.13. The Hall–Kier alpha value is -2.48. The van der Waals surface area contributed by atoms with Gasteiger partial charge in [-0.2, -0.15) is 0 Å². The molecule has 1 N–H and O–H groups in total. The van der Waals surface area contributed by atoms with Crippen LogP contribution in [0.5, 0.6) is 17.2 Å². The number of nitrogens with zero attached hydrogens (tertiary/aromatic N) is 1. The Labute approximate surface area is 128 Å². The van der Waals surface area contributed by atoms with Crippen molar-refractivity contribution in [3.8, 4) is 17.2 Å². The topological polar surface area (TPSA) is 86.8 Å². The number of sulfonamides is 1. The van der Waals surface area contributed by atoms with Gasteiger partial charge in [-0.3, -0.25) is 4.72 Å². The van der Waals surface area contributed by atoms with Crippen LogP contribution in [0.15, 0.2) is 41.4 Å². The Kier molecular flexibility index (Phi) is 4.71. The van der Waals surface area contributed by atoms with Crippen LogP contribution in [-0.2, 0) is 10.0 Å². The minimum absolute atomic E-state index is 0.0537. The lowest BCUT2D eigenvalue weighted by Crippen LogP contribution is -2.15. The molecule has 7 nitrogen and oxygen atoms in total. The van der Waals surface area contributed by atoms with E-state index >= 15 is 0 Å². The van der Waals surface area contributed by atoms with Crippen molar-refractivity contribution in [1.82, 2.24) is 4.98 Å². The number of nitrogens with one attached hydrogen (secondary N) is 1. The second-order valence-electron chi connectivity index (χ2n) is 4.18. The first-order valence-corrected chi connectivity index (χ1v) is 7.74. The number of methoxy groups -OCH3 is 3. The first-order valence-electron chi connectivity index (χ1n) is 6.25. The molecule has 118 valence electrons. The molecular weight excluding hydrogens is 308 g/mol. The molecule has 1 aromatic carbocycles. The van der Waals surface area contributed by atoms with E-state index < -0.39 is 10.0 Å². The number of rotatable bonds is 6. The fourth-order valence-electron chi connectivity index (χ4n) is 1.81. The first kappa shape index (κ1) is 15.9. The molecule has 0 fully saturated rings. The van der Waals surface area contributed by atoms with Crippen molar-refractivity contribution in [2.24, 2.45) is 0 Å². The van der Waals surface area contributed by atoms with Crippen molar-refractivity contribution in [1.29, 1.82) is 0 Å². The van der Waals surface area contributed by atoms with Crippen molar-refractivity contribution in [3.05, 3.63) is 36.5 Å². The summed E-state index contributed by atoms with van der Waals surface area (Å²) in [5.41, 5.74) is 0. The van der Waals surface area contributed by atoms with Gasteiger partial charge in [-0.15, -0.1) is 0 Å². The highest BCUT2D eigenvalue weighted by atomic mass is 32.2. The maximum absolute atomic E-state index is 12.6. The molecular formula is C14H16N2O5S. The molecule has 0 aliphatic heterocycles. The monoisotopic (exact) mass is 324 g/mol. The average molecular weight is 324 g/mol. The summed E-state index contributed by atoms with van der Waals surface area (Å²) in [6.45, 7) is 0. The summed E-state index contributed by atoms with van der Waals surface area (Å²) in [6.07, 6.45) is 1.46. The van der Waals surface area contributed by atoms with E-state index in [1.54, 1.807) is 18.2 Å². The second-order valence-corrected chi connectivity index (χ2v) is 5.83. The molecule has 2 aromatic rings. The van der Waals surface area contributed by atoms with Crippen LogP contribution in [0.2, 0.25) is 0 Å². The Morgan fingerprint density at radius 2 is 1.73 bits per heavy atom. The van der Waals surface area contributed by atoms with Crippen LogP contribution in [0, 0.1) is 0 Å². The van der Waals surface area contributed by atoms with E-state index in [2.05, 4.69) is 9.71 Å². The minimum Gasteiger partial charge on any atom is -0.497 e. The molecule has 0 aliphatic rings. The van der Waals surface area contributed by atoms with Crippen LogP contribution in [0.25, 0.3) is 0 Å². The van der Waals surface area contributed by atoms with Gasteiger partial charge >= 0.3 is 0 Å². The summed E-state index contributed by atoms with van der Waals surface area (Å²) in [6, 6.07) is 7.75. The highest BCUT2D eigenvalue weighted by Gasteiger charge is 2.22. The molecule has 0 unspecified atom stereocenters. The van der Waals surface area contributed by atoms with Crippen molar-refractivity contribution >= 4 is 15.8 Å². The van der Waals surface area contributed by atoms with E-state index in [9.17, 15) is 8.42 Å². The highest BCUT2D eigenvalue weighted by Crippen LogP contribution is 2.31. The number of benzene rings is 1. The average Bonchev–Trinajstić information content (AvgIpc) is 2.54. The van der Waals surface area contributed by atoms with Gasteiger partial charge in [0.2, 0.25) is 0 Å². The van der Waals surface area contributed by atoms with E-state index in [-0.39, 0.29) is 16.5 Å². The lowest BCUT2D eigenvalue weighted by molar-refractivity contribution is 0.392. The molecule has 0 spiro atoms. The third-order valence-corrected chi connectivity index (χ3v) is 4.24. The maximum atomic E-state index is 12.6. The molecule has 2 rings (SSSR count). The van der Waals surface area contributed by atoms with Crippen molar-refractivity contribution in [2.45, 2.75) is 4.90 Å². The largest absolute Gasteiger partial charge is 0.497 e. The standard InChI is InChI=1S/C14H16N2O5S/c1-19-10-6-7-11(20-2)13(9-10)22(17,18)16-14-12(21-3)5-4-8-15-14/h4-9H,1-3H3,(H,15,16). The molecule has 1 aromatic heterocycles. The smallest absolute Gasteiger partial charge is 0.266 e. The summed E-state index contributed by atoms with van der Waals surface area (Å²) in [4.78, 5) is 3.92. The number of anilines is 1. The van der Waals surface area contributed by atoms with Gasteiger partial charge in [-0.25, -0.2) is 13.4 Å². The molecule has 1 heterocycles. The Bertz CT molecular complexity index is 762. The van der Waals surface area contributed by atoms with Crippen LogP contribution in [-0.4, -0.2) is 34.7 Å². The van der Waals surface area contributed by atoms with E-state index in [0.29, 0.717) is 11.5 Å². The van der Waals surface area contributed by atoms with E-state index in [0.717, 1.165) is 0 Å². The van der Waals surface area contributed by atoms with E-state index in [1.807, 2.05) is 0 Å². The van der Waals surface area contributed by atoms with Gasteiger partial charge in [0.15, 0.2) is 11.6 Å². The third kappa shape index (κ3) is 3.22. The van der Waals surface area contributed by atoms with Crippen molar-refractivity contribution in [3.63, 3.8) is 0 Å². The maximum Gasteiger partial charge on any atom is 0.266 e. The third-order valence-electron chi connectivity index (χ3n) is 2.88. The van der Waals surface area contributed by atoms with Gasteiger partial charge in [0.25, 0.3) is 10.0 Å². The molecule has 8 heteroatoms. The fourth-order valence-corrected chi connectivity index (χ4v) is 3.01. The van der Waals surface area contributed by atoms with Gasteiger partial charge in [-0.05, 0) is 24.3 Å². The van der Waals surface area contributed by atoms with Gasteiger partial charge in [0.1, 0.15) is 16.4 Å². The Balaban J connectivity index is 2.46.